The van der Waals surface area contributed by atoms with E-state index >= 15 is 0 Å². The van der Waals surface area contributed by atoms with Crippen molar-refractivity contribution < 1.29 is 13.9 Å². The maximum atomic E-state index is 14.8. The SMILES string of the molecule is O=C1CCC(CN2CCCCC2)N1c1ccc(OCCCN2CCCCCCC2)c(F)c1. The quantitative estimate of drug-likeness (QED) is 0.537. The van der Waals surface area contributed by atoms with E-state index < -0.39 is 0 Å². The van der Waals surface area contributed by atoms with Crippen LogP contribution in [0, 0.1) is 5.82 Å². The van der Waals surface area contributed by atoms with Crippen molar-refractivity contribution in [1.29, 1.82) is 0 Å². The number of carbonyl (C=O) groups excluding carboxylic acids is 1. The fourth-order valence-corrected chi connectivity index (χ4v) is 5.47. The molecule has 0 spiro atoms. The minimum absolute atomic E-state index is 0.105. The van der Waals surface area contributed by atoms with Crippen molar-refractivity contribution in [2.75, 3.05) is 50.8 Å². The molecular weight excluding hydrogens is 405 g/mol. The molecule has 3 aliphatic heterocycles. The molecule has 4 rings (SSSR count). The second kappa shape index (κ2) is 12.0. The van der Waals surface area contributed by atoms with Crippen LogP contribution in [0.3, 0.4) is 0 Å². The maximum absolute atomic E-state index is 14.8. The molecule has 3 fully saturated rings. The Kier molecular flexibility index (Phi) is 8.80. The molecule has 1 amide bonds. The third-order valence-electron chi connectivity index (χ3n) is 7.26. The van der Waals surface area contributed by atoms with Gasteiger partial charge in [-0.05, 0) is 76.8 Å². The lowest BCUT2D eigenvalue weighted by atomic mass is 10.1. The summed E-state index contributed by atoms with van der Waals surface area (Å²) in [6, 6.07) is 5.18. The summed E-state index contributed by atoms with van der Waals surface area (Å²) in [5, 5.41) is 0. The second-order valence-electron chi connectivity index (χ2n) is 9.74. The third-order valence-corrected chi connectivity index (χ3v) is 7.26. The van der Waals surface area contributed by atoms with E-state index in [1.165, 1.54) is 70.5 Å². The van der Waals surface area contributed by atoms with Gasteiger partial charge in [-0.15, -0.1) is 0 Å². The largest absolute Gasteiger partial charge is 0.490 e. The summed E-state index contributed by atoms with van der Waals surface area (Å²) in [7, 11) is 0. The lowest BCUT2D eigenvalue weighted by molar-refractivity contribution is -0.117. The van der Waals surface area contributed by atoms with Crippen molar-refractivity contribution in [2.45, 2.75) is 76.7 Å². The summed E-state index contributed by atoms with van der Waals surface area (Å²) >= 11 is 0. The molecule has 1 atom stereocenters. The topological polar surface area (TPSA) is 36.0 Å². The van der Waals surface area contributed by atoms with E-state index in [1.807, 2.05) is 11.0 Å². The zero-order valence-corrected chi connectivity index (χ0v) is 19.6. The highest BCUT2D eigenvalue weighted by Gasteiger charge is 2.34. The number of hydrogen-bond acceptors (Lipinski definition) is 4. The van der Waals surface area contributed by atoms with Crippen molar-refractivity contribution in [3.05, 3.63) is 24.0 Å². The Morgan fingerprint density at radius 2 is 1.56 bits per heavy atom. The highest BCUT2D eigenvalue weighted by molar-refractivity contribution is 5.96. The number of amides is 1. The lowest BCUT2D eigenvalue weighted by Gasteiger charge is -2.33. The molecule has 1 aromatic carbocycles. The molecular formula is C26H40FN3O2. The van der Waals surface area contributed by atoms with Crippen molar-refractivity contribution >= 4 is 11.6 Å². The Morgan fingerprint density at radius 1 is 0.906 bits per heavy atom. The zero-order chi connectivity index (χ0) is 22.2. The van der Waals surface area contributed by atoms with E-state index in [4.69, 9.17) is 4.74 Å². The van der Waals surface area contributed by atoms with Gasteiger partial charge in [0, 0.05) is 31.3 Å². The van der Waals surface area contributed by atoms with Gasteiger partial charge in [0.05, 0.1) is 12.6 Å². The Labute approximate surface area is 192 Å². The number of benzene rings is 1. The van der Waals surface area contributed by atoms with E-state index in [1.54, 1.807) is 6.07 Å². The highest BCUT2D eigenvalue weighted by Crippen LogP contribution is 2.31. The van der Waals surface area contributed by atoms with Gasteiger partial charge in [0.2, 0.25) is 5.91 Å². The van der Waals surface area contributed by atoms with Crippen molar-refractivity contribution in [2.24, 2.45) is 0 Å². The normalized spacial score (nSPS) is 23.8. The number of hydrogen-bond donors (Lipinski definition) is 0. The number of piperidine rings is 1. The minimum atomic E-state index is -0.370. The van der Waals surface area contributed by atoms with Crippen LogP contribution in [0.15, 0.2) is 18.2 Å². The van der Waals surface area contributed by atoms with Crippen molar-refractivity contribution in [1.82, 2.24) is 9.80 Å². The summed E-state index contributed by atoms with van der Waals surface area (Å²) in [4.78, 5) is 19.4. The van der Waals surface area contributed by atoms with Gasteiger partial charge in [0.15, 0.2) is 11.6 Å². The van der Waals surface area contributed by atoms with E-state index in [0.29, 0.717) is 24.5 Å². The maximum Gasteiger partial charge on any atom is 0.227 e. The Bertz CT molecular complexity index is 730. The standard InChI is InChI=1S/C26H40FN3O2/c27-24-20-22(30-23(11-13-26(30)31)21-29-16-7-4-8-17-29)10-12-25(24)32-19-9-18-28-14-5-2-1-3-6-15-28/h10,12,20,23H,1-9,11,13-19,21H2. The van der Waals surface area contributed by atoms with E-state index in [-0.39, 0.29) is 17.8 Å². The molecule has 0 N–H and O–H groups in total. The van der Waals surface area contributed by atoms with Gasteiger partial charge in [-0.3, -0.25) is 4.79 Å². The number of halogens is 1. The van der Waals surface area contributed by atoms with Gasteiger partial charge >= 0.3 is 0 Å². The van der Waals surface area contributed by atoms with E-state index in [0.717, 1.165) is 39.0 Å². The molecule has 0 radical (unpaired) electrons. The predicted molar refractivity (Wildman–Crippen MR) is 127 cm³/mol. The molecule has 0 saturated carbocycles. The van der Waals surface area contributed by atoms with Crippen molar-refractivity contribution in [3.63, 3.8) is 0 Å². The smallest absolute Gasteiger partial charge is 0.227 e. The second-order valence-corrected chi connectivity index (χ2v) is 9.74. The average Bonchev–Trinajstić information content (AvgIpc) is 3.13. The number of carbonyl (C=O) groups is 1. The van der Waals surface area contributed by atoms with Crippen LogP contribution >= 0.6 is 0 Å². The summed E-state index contributed by atoms with van der Waals surface area (Å²) in [6.07, 6.45) is 12.7. The average molecular weight is 446 g/mol. The van der Waals surface area contributed by atoms with E-state index in [9.17, 15) is 9.18 Å². The molecule has 0 aromatic heterocycles. The number of likely N-dealkylation sites (tertiary alicyclic amines) is 2. The first-order chi connectivity index (χ1) is 15.7. The molecule has 32 heavy (non-hydrogen) atoms. The molecule has 3 saturated heterocycles. The third kappa shape index (κ3) is 6.44. The fraction of sp³-hybridized carbons (Fsp3) is 0.731. The number of anilines is 1. The summed E-state index contributed by atoms with van der Waals surface area (Å²) in [5.41, 5.74) is 0.667. The minimum Gasteiger partial charge on any atom is -0.490 e. The first-order valence-electron chi connectivity index (χ1n) is 12.9. The number of ether oxygens (including phenoxy) is 1. The van der Waals surface area contributed by atoms with Gasteiger partial charge in [0.25, 0.3) is 0 Å². The van der Waals surface area contributed by atoms with Crippen LogP contribution < -0.4 is 9.64 Å². The van der Waals surface area contributed by atoms with Crippen molar-refractivity contribution in [3.8, 4) is 5.75 Å². The molecule has 3 heterocycles. The van der Waals surface area contributed by atoms with Crippen LogP contribution in [0.4, 0.5) is 10.1 Å². The van der Waals surface area contributed by atoms with Crippen LogP contribution in [0.2, 0.25) is 0 Å². The van der Waals surface area contributed by atoms with Gasteiger partial charge in [-0.1, -0.05) is 25.7 Å². The van der Waals surface area contributed by atoms with Crippen LogP contribution in [0.5, 0.6) is 5.75 Å². The molecule has 1 aromatic rings. The first kappa shape index (κ1) is 23.5. The first-order valence-corrected chi connectivity index (χ1v) is 12.9. The zero-order valence-electron chi connectivity index (χ0n) is 19.6. The summed E-state index contributed by atoms with van der Waals surface area (Å²) in [5.74, 6) is 0.0270. The van der Waals surface area contributed by atoms with Crippen LogP contribution in [0.1, 0.15) is 70.6 Å². The van der Waals surface area contributed by atoms with Gasteiger partial charge in [-0.25, -0.2) is 4.39 Å². The Balaban J connectivity index is 1.28. The molecule has 178 valence electrons. The number of nitrogens with zero attached hydrogens (tertiary/aromatic N) is 3. The van der Waals surface area contributed by atoms with Crippen LogP contribution in [-0.2, 0) is 4.79 Å². The van der Waals surface area contributed by atoms with Gasteiger partial charge in [-0.2, -0.15) is 0 Å². The number of rotatable bonds is 8. The molecule has 0 aliphatic carbocycles. The molecule has 1 unspecified atom stereocenters. The van der Waals surface area contributed by atoms with Gasteiger partial charge in [0.1, 0.15) is 0 Å². The lowest BCUT2D eigenvalue weighted by Crippen LogP contribution is -2.43. The molecule has 5 nitrogen and oxygen atoms in total. The summed E-state index contributed by atoms with van der Waals surface area (Å²) in [6.45, 7) is 6.99. The van der Waals surface area contributed by atoms with Crippen LogP contribution in [0.25, 0.3) is 0 Å². The fourth-order valence-electron chi connectivity index (χ4n) is 5.47. The molecule has 0 bridgehead atoms. The van der Waals surface area contributed by atoms with Gasteiger partial charge < -0.3 is 19.4 Å². The Morgan fingerprint density at radius 3 is 2.28 bits per heavy atom. The Hall–Kier alpha value is -1.66. The monoisotopic (exact) mass is 445 g/mol. The molecule has 3 aliphatic rings. The van der Waals surface area contributed by atoms with Crippen LogP contribution in [-0.4, -0.2) is 67.6 Å². The van der Waals surface area contributed by atoms with E-state index in [2.05, 4.69) is 9.80 Å². The summed E-state index contributed by atoms with van der Waals surface area (Å²) < 4.78 is 20.6. The highest BCUT2D eigenvalue weighted by atomic mass is 19.1. The molecule has 6 heteroatoms. The predicted octanol–water partition coefficient (Wildman–Crippen LogP) is 4.84.